The summed E-state index contributed by atoms with van der Waals surface area (Å²) in [5.41, 5.74) is 2.58. The molecule has 0 bridgehead atoms. The van der Waals surface area contributed by atoms with Crippen molar-refractivity contribution in [2.24, 2.45) is 0 Å². The lowest BCUT2D eigenvalue weighted by Gasteiger charge is -2.09. The molecule has 0 saturated carbocycles. The third-order valence-electron chi connectivity index (χ3n) is 2.89. The molecule has 4 nitrogen and oxygen atoms in total. The molecule has 2 aromatic carbocycles. The van der Waals surface area contributed by atoms with Crippen molar-refractivity contribution >= 4 is 15.7 Å². The average molecular weight is 290 g/mol. The third-order valence-corrected chi connectivity index (χ3v) is 4.27. The fourth-order valence-corrected chi connectivity index (χ4v) is 3.05. The second-order valence-electron chi connectivity index (χ2n) is 4.65. The van der Waals surface area contributed by atoms with Crippen molar-refractivity contribution < 1.29 is 8.42 Å². The maximum atomic E-state index is 12.2. The highest BCUT2D eigenvalue weighted by Gasteiger charge is 2.13. The molecule has 5 heteroatoms. The van der Waals surface area contributed by atoms with Crippen LogP contribution in [0.4, 0.5) is 5.69 Å². The molecule has 0 spiro atoms. The van der Waals surface area contributed by atoms with Gasteiger partial charge in [0.15, 0.2) is 0 Å². The Morgan fingerprint density at radius 3 is 2.35 bits per heavy atom. The first kappa shape index (κ1) is 14.6. The van der Waals surface area contributed by atoms with Crippen LogP contribution < -0.4 is 10.0 Å². The molecule has 0 atom stereocenters. The lowest BCUT2D eigenvalue weighted by Crippen LogP contribution is -2.13. The maximum absolute atomic E-state index is 12.2. The van der Waals surface area contributed by atoms with E-state index >= 15 is 0 Å². The molecule has 20 heavy (non-hydrogen) atoms. The molecular formula is C15H18N2O2S. The van der Waals surface area contributed by atoms with E-state index in [0.717, 1.165) is 17.7 Å². The van der Waals surface area contributed by atoms with Gasteiger partial charge in [0.2, 0.25) is 0 Å². The van der Waals surface area contributed by atoms with Gasteiger partial charge in [-0.1, -0.05) is 24.3 Å². The van der Waals surface area contributed by atoms with Gasteiger partial charge in [0.25, 0.3) is 10.0 Å². The summed E-state index contributed by atoms with van der Waals surface area (Å²) in [7, 11) is -1.66. The highest BCUT2D eigenvalue weighted by Crippen LogP contribution is 2.17. The molecular weight excluding hydrogens is 272 g/mol. The van der Waals surface area contributed by atoms with Crippen LogP contribution in [0.2, 0.25) is 0 Å². The fourth-order valence-electron chi connectivity index (χ4n) is 1.89. The molecule has 0 fully saturated rings. The Labute approximate surface area is 119 Å². The van der Waals surface area contributed by atoms with E-state index in [1.54, 1.807) is 30.3 Å². The summed E-state index contributed by atoms with van der Waals surface area (Å²) in [6.45, 7) is 2.62. The van der Waals surface area contributed by atoms with Crippen LogP contribution in [0.5, 0.6) is 0 Å². The molecule has 0 aliphatic rings. The Hall–Kier alpha value is -1.85. The van der Waals surface area contributed by atoms with Crippen molar-refractivity contribution in [3.8, 4) is 0 Å². The lowest BCUT2D eigenvalue weighted by atomic mass is 10.2. The van der Waals surface area contributed by atoms with Crippen LogP contribution in [0, 0.1) is 6.92 Å². The normalized spacial score (nSPS) is 11.3. The summed E-state index contributed by atoms with van der Waals surface area (Å²) in [4.78, 5) is 0.275. The minimum atomic E-state index is -3.53. The molecule has 0 aliphatic carbocycles. The maximum Gasteiger partial charge on any atom is 0.261 e. The molecule has 0 unspecified atom stereocenters. The predicted octanol–water partition coefficient (Wildman–Crippen LogP) is 2.52. The van der Waals surface area contributed by atoms with Crippen LogP contribution in [0.3, 0.4) is 0 Å². The largest absolute Gasteiger partial charge is 0.316 e. The Morgan fingerprint density at radius 2 is 1.75 bits per heavy atom. The molecule has 0 radical (unpaired) electrons. The van der Waals surface area contributed by atoms with Gasteiger partial charge < -0.3 is 5.32 Å². The second-order valence-corrected chi connectivity index (χ2v) is 6.33. The number of sulfonamides is 1. The molecule has 0 heterocycles. The van der Waals surface area contributed by atoms with Gasteiger partial charge in [-0.25, -0.2) is 8.42 Å². The van der Waals surface area contributed by atoms with Crippen LogP contribution in [-0.4, -0.2) is 15.5 Å². The highest BCUT2D eigenvalue weighted by atomic mass is 32.2. The minimum absolute atomic E-state index is 0.275. The van der Waals surface area contributed by atoms with E-state index in [0.29, 0.717) is 5.69 Å². The van der Waals surface area contributed by atoms with Crippen LogP contribution >= 0.6 is 0 Å². The monoisotopic (exact) mass is 290 g/mol. The molecule has 106 valence electrons. The summed E-state index contributed by atoms with van der Waals surface area (Å²) in [5.74, 6) is 0. The first-order valence-corrected chi connectivity index (χ1v) is 7.82. The van der Waals surface area contributed by atoms with E-state index in [1.807, 2.05) is 32.2 Å². The van der Waals surface area contributed by atoms with Crippen LogP contribution in [-0.2, 0) is 16.6 Å². The van der Waals surface area contributed by atoms with Gasteiger partial charge in [-0.3, -0.25) is 4.72 Å². The fraction of sp³-hybridized carbons (Fsp3) is 0.200. The van der Waals surface area contributed by atoms with Crippen molar-refractivity contribution in [2.75, 3.05) is 11.8 Å². The standard InChI is InChI=1S/C15H18N2O2S/c1-12-4-3-5-15(10-12)20(18,19)17-14-8-6-13(7-9-14)11-16-2/h3-10,16-17H,11H2,1-2H3. The molecule has 0 amide bonds. The van der Waals surface area contributed by atoms with E-state index in [-0.39, 0.29) is 4.90 Å². The summed E-state index contributed by atoms with van der Waals surface area (Å²) in [5, 5.41) is 3.05. The number of rotatable bonds is 5. The Morgan fingerprint density at radius 1 is 1.05 bits per heavy atom. The molecule has 2 rings (SSSR count). The number of benzene rings is 2. The van der Waals surface area contributed by atoms with Gasteiger partial charge in [-0.15, -0.1) is 0 Å². The summed E-state index contributed by atoms with van der Waals surface area (Å²) < 4.78 is 27.1. The van der Waals surface area contributed by atoms with Gasteiger partial charge in [0, 0.05) is 12.2 Å². The molecule has 0 aromatic heterocycles. The van der Waals surface area contributed by atoms with Crippen molar-refractivity contribution in [1.29, 1.82) is 0 Å². The zero-order valence-corrected chi connectivity index (χ0v) is 12.4. The topological polar surface area (TPSA) is 58.2 Å². The van der Waals surface area contributed by atoms with Crippen LogP contribution in [0.1, 0.15) is 11.1 Å². The van der Waals surface area contributed by atoms with Crippen molar-refractivity contribution in [3.05, 3.63) is 59.7 Å². The second kappa shape index (κ2) is 6.07. The van der Waals surface area contributed by atoms with Gasteiger partial charge in [0.1, 0.15) is 0 Å². The molecule has 2 N–H and O–H groups in total. The zero-order chi connectivity index (χ0) is 14.6. The van der Waals surface area contributed by atoms with Crippen molar-refractivity contribution in [1.82, 2.24) is 5.32 Å². The highest BCUT2D eigenvalue weighted by molar-refractivity contribution is 7.92. The molecule has 0 saturated heterocycles. The number of hydrogen-bond donors (Lipinski definition) is 2. The Balaban J connectivity index is 2.20. The molecule has 2 aromatic rings. The van der Waals surface area contributed by atoms with Crippen molar-refractivity contribution in [2.45, 2.75) is 18.4 Å². The molecule has 0 aliphatic heterocycles. The van der Waals surface area contributed by atoms with Gasteiger partial charge in [-0.05, 0) is 49.4 Å². The third kappa shape index (κ3) is 3.59. The van der Waals surface area contributed by atoms with E-state index in [1.165, 1.54) is 0 Å². The van der Waals surface area contributed by atoms with Gasteiger partial charge in [-0.2, -0.15) is 0 Å². The predicted molar refractivity (Wildman–Crippen MR) is 81.2 cm³/mol. The first-order valence-electron chi connectivity index (χ1n) is 6.34. The Bertz CT molecular complexity index is 679. The van der Waals surface area contributed by atoms with E-state index in [4.69, 9.17) is 0 Å². The van der Waals surface area contributed by atoms with Crippen LogP contribution in [0.25, 0.3) is 0 Å². The quantitative estimate of drug-likeness (QED) is 0.889. The number of nitrogens with one attached hydrogen (secondary N) is 2. The zero-order valence-electron chi connectivity index (χ0n) is 11.6. The lowest BCUT2D eigenvalue weighted by molar-refractivity contribution is 0.601. The Kier molecular flexibility index (Phi) is 4.42. The first-order chi connectivity index (χ1) is 9.51. The number of aryl methyl sites for hydroxylation is 1. The van der Waals surface area contributed by atoms with Crippen molar-refractivity contribution in [3.63, 3.8) is 0 Å². The summed E-state index contributed by atoms with van der Waals surface area (Å²) in [6.07, 6.45) is 0. The van der Waals surface area contributed by atoms with Gasteiger partial charge >= 0.3 is 0 Å². The van der Waals surface area contributed by atoms with E-state index in [2.05, 4.69) is 10.0 Å². The van der Waals surface area contributed by atoms with E-state index in [9.17, 15) is 8.42 Å². The number of anilines is 1. The van der Waals surface area contributed by atoms with Crippen LogP contribution in [0.15, 0.2) is 53.4 Å². The minimum Gasteiger partial charge on any atom is -0.316 e. The summed E-state index contributed by atoms with van der Waals surface area (Å²) in [6, 6.07) is 14.2. The summed E-state index contributed by atoms with van der Waals surface area (Å²) >= 11 is 0. The smallest absolute Gasteiger partial charge is 0.261 e. The SMILES string of the molecule is CNCc1ccc(NS(=O)(=O)c2cccc(C)c2)cc1. The number of hydrogen-bond acceptors (Lipinski definition) is 3. The van der Waals surface area contributed by atoms with E-state index < -0.39 is 10.0 Å². The van der Waals surface area contributed by atoms with Gasteiger partial charge in [0.05, 0.1) is 4.90 Å². The average Bonchev–Trinajstić information content (AvgIpc) is 2.41.